The Balaban J connectivity index is 2.13. The number of amides is 1. The summed E-state index contributed by atoms with van der Waals surface area (Å²) >= 11 is 0. The lowest BCUT2D eigenvalue weighted by molar-refractivity contribution is 0.108. The van der Waals surface area contributed by atoms with E-state index >= 15 is 0 Å². The quantitative estimate of drug-likeness (QED) is 0.813. The molecule has 0 spiro atoms. The van der Waals surface area contributed by atoms with Gasteiger partial charge in [-0.25, -0.2) is 9.42 Å². The van der Waals surface area contributed by atoms with Crippen LogP contribution in [-0.4, -0.2) is 22.5 Å². The minimum Gasteiger partial charge on any atom is -0.446 e. The average Bonchev–Trinajstić information content (AvgIpc) is 2.75. The van der Waals surface area contributed by atoms with E-state index in [1.54, 1.807) is 12.1 Å². The Morgan fingerprint density at radius 3 is 3.00 bits per heavy atom. The third-order valence-electron chi connectivity index (χ3n) is 2.49. The Morgan fingerprint density at radius 1 is 1.50 bits per heavy atom. The van der Waals surface area contributed by atoms with Crippen molar-refractivity contribution in [1.29, 1.82) is 0 Å². The predicted molar refractivity (Wildman–Crippen MR) is 64.8 cm³/mol. The zero-order valence-corrected chi connectivity index (χ0v) is 9.70. The van der Waals surface area contributed by atoms with Crippen molar-refractivity contribution in [3.8, 4) is 0 Å². The van der Waals surface area contributed by atoms with Crippen LogP contribution in [0.25, 0.3) is 11.0 Å². The lowest BCUT2D eigenvalue weighted by Crippen LogP contribution is -2.24. The summed E-state index contributed by atoms with van der Waals surface area (Å²) in [5.41, 5.74) is 7.34. The number of aromatic nitrogens is 2. The van der Waals surface area contributed by atoms with Crippen LogP contribution < -0.4 is 5.73 Å². The summed E-state index contributed by atoms with van der Waals surface area (Å²) in [6.07, 6.45) is 1.66. The van der Waals surface area contributed by atoms with Gasteiger partial charge in [-0.05, 0) is 28.0 Å². The molecule has 18 heavy (non-hydrogen) atoms. The van der Waals surface area contributed by atoms with E-state index in [0.29, 0.717) is 23.9 Å². The lowest BCUT2D eigenvalue weighted by atomic mass is 10.0. The van der Waals surface area contributed by atoms with Crippen LogP contribution in [0.5, 0.6) is 0 Å². The first-order valence-corrected chi connectivity index (χ1v) is 5.47. The molecule has 0 aliphatic rings. The molecule has 0 aliphatic heterocycles. The van der Waals surface area contributed by atoms with E-state index in [1.807, 2.05) is 12.1 Å². The minimum atomic E-state index is -0.786. The molecule has 0 saturated carbocycles. The molecule has 0 saturated heterocycles. The zero-order valence-electron chi connectivity index (χ0n) is 9.70. The number of hydrogen-bond donors (Lipinski definition) is 1. The molecule has 1 aromatic heterocycles. The van der Waals surface area contributed by atoms with Crippen molar-refractivity contribution >= 4 is 17.1 Å². The van der Waals surface area contributed by atoms with E-state index in [0.717, 1.165) is 5.56 Å². The maximum absolute atomic E-state index is 10.8. The molecule has 0 bridgehead atoms. The number of carbonyl (C=O) groups is 1. The third-order valence-corrected chi connectivity index (χ3v) is 2.49. The van der Waals surface area contributed by atoms with Crippen LogP contribution in [0.1, 0.15) is 12.0 Å². The van der Waals surface area contributed by atoms with Crippen molar-refractivity contribution in [2.45, 2.75) is 18.9 Å². The van der Waals surface area contributed by atoms with Gasteiger partial charge in [0.1, 0.15) is 17.1 Å². The van der Waals surface area contributed by atoms with Crippen molar-refractivity contribution in [1.82, 2.24) is 10.3 Å². The second kappa shape index (κ2) is 5.31. The summed E-state index contributed by atoms with van der Waals surface area (Å²) in [4.78, 5) is 10.8. The Bertz CT molecular complexity index is 564. The lowest BCUT2D eigenvalue weighted by Gasteiger charge is -2.14. The van der Waals surface area contributed by atoms with Crippen LogP contribution in [-0.2, 0) is 11.2 Å². The Labute approximate surface area is 103 Å². The fourth-order valence-corrected chi connectivity index (χ4v) is 1.74. The summed E-state index contributed by atoms with van der Waals surface area (Å²) in [6.45, 7) is 3.62. The van der Waals surface area contributed by atoms with Crippen molar-refractivity contribution in [3.63, 3.8) is 0 Å². The van der Waals surface area contributed by atoms with Gasteiger partial charge in [-0.1, -0.05) is 12.1 Å². The van der Waals surface area contributed by atoms with Gasteiger partial charge in [0.05, 0.1) is 0 Å². The molecule has 94 valence electrons. The normalized spacial score (nSPS) is 12.2. The van der Waals surface area contributed by atoms with E-state index in [2.05, 4.69) is 21.5 Å². The fraction of sp³-hybridized carbons (Fsp3) is 0.250. The molecule has 2 aromatic rings. The highest BCUT2D eigenvalue weighted by atomic mass is 16.6. The second-order valence-electron chi connectivity index (χ2n) is 3.87. The maximum atomic E-state index is 10.8. The molecular weight excluding hydrogens is 234 g/mol. The molecule has 1 amide bonds. The van der Waals surface area contributed by atoms with Crippen LogP contribution in [0.2, 0.25) is 0 Å². The summed E-state index contributed by atoms with van der Waals surface area (Å²) in [5, 5.41) is 7.47. The summed E-state index contributed by atoms with van der Waals surface area (Å²) in [6, 6.07) is 5.52. The van der Waals surface area contributed by atoms with Gasteiger partial charge < -0.3 is 10.5 Å². The molecule has 6 nitrogen and oxygen atoms in total. The van der Waals surface area contributed by atoms with E-state index in [4.69, 9.17) is 10.5 Å². The SMILES string of the molecule is C=CCC(Cc1ccc2nonc2c1)OC(N)=O. The van der Waals surface area contributed by atoms with Crippen LogP contribution >= 0.6 is 0 Å². The largest absolute Gasteiger partial charge is 0.446 e. The van der Waals surface area contributed by atoms with Crippen molar-refractivity contribution in [2.24, 2.45) is 5.73 Å². The smallest absolute Gasteiger partial charge is 0.404 e. The fourth-order valence-electron chi connectivity index (χ4n) is 1.74. The molecule has 6 heteroatoms. The maximum Gasteiger partial charge on any atom is 0.404 e. The molecule has 1 unspecified atom stereocenters. The number of primary amides is 1. The number of nitrogens with two attached hydrogens (primary N) is 1. The first-order chi connectivity index (χ1) is 8.69. The summed E-state index contributed by atoms with van der Waals surface area (Å²) in [7, 11) is 0. The minimum absolute atomic E-state index is 0.322. The number of nitrogens with zero attached hydrogens (tertiary/aromatic N) is 2. The molecule has 1 atom stereocenters. The highest BCUT2D eigenvalue weighted by molar-refractivity contribution is 5.73. The molecule has 1 heterocycles. The number of ether oxygens (including phenoxy) is 1. The number of carbonyl (C=O) groups excluding carboxylic acids is 1. The van der Waals surface area contributed by atoms with E-state index in [9.17, 15) is 4.79 Å². The summed E-state index contributed by atoms with van der Waals surface area (Å²) in [5.74, 6) is 0. The number of benzene rings is 1. The molecular formula is C12H13N3O3. The molecule has 0 aliphatic carbocycles. The van der Waals surface area contributed by atoms with Gasteiger partial charge in [0.15, 0.2) is 0 Å². The molecule has 1 aromatic carbocycles. The van der Waals surface area contributed by atoms with Gasteiger partial charge in [-0.2, -0.15) is 0 Å². The molecule has 2 rings (SSSR count). The van der Waals surface area contributed by atoms with Gasteiger partial charge in [0.2, 0.25) is 0 Å². The second-order valence-corrected chi connectivity index (χ2v) is 3.87. The van der Waals surface area contributed by atoms with E-state index < -0.39 is 6.09 Å². The van der Waals surface area contributed by atoms with Crippen LogP contribution in [0.3, 0.4) is 0 Å². The monoisotopic (exact) mass is 247 g/mol. The van der Waals surface area contributed by atoms with Gasteiger partial charge in [-0.3, -0.25) is 0 Å². The third kappa shape index (κ3) is 2.85. The van der Waals surface area contributed by atoms with Crippen molar-refractivity contribution in [2.75, 3.05) is 0 Å². The zero-order chi connectivity index (χ0) is 13.0. The van der Waals surface area contributed by atoms with Crippen LogP contribution in [0.4, 0.5) is 4.79 Å². The first-order valence-electron chi connectivity index (χ1n) is 5.47. The highest BCUT2D eigenvalue weighted by Crippen LogP contribution is 2.15. The van der Waals surface area contributed by atoms with Gasteiger partial charge in [0, 0.05) is 12.8 Å². The Kier molecular flexibility index (Phi) is 3.57. The van der Waals surface area contributed by atoms with Gasteiger partial charge in [0.25, 0.3) is 0 Å². The average molecular weight is 247 g/mol. The van der Waals surface area contributed by atoms with Gasteiger partial charge >= 0.3 is 6.09 Å². The number of fused-ring (bicyclic) bond motifs is 1. The standard InChI is InChI=1S/C12H13N3O3/c1-2-3-9(17-12(13)16)6-8-4-5-10-11(7-8)15-18-14-10/h2,4-5,7,9H,1,3,6H2,(H2,13,16). The first kappa shape index (κ1) is 12.1. The molecule has 0 fully saturated rings. The summed E-state index contributed by atoms with van der Waals surface area (Å²) < 4.78 is 9.61. The van der Waals surface area contributed by atoms with Crippen LogP contribution in [0.15, 0.2) is 35.5 Å². The van der Waals surface area contributed by atoms with Crippen LogP contribution in [0, 0.1) is 0 Å². The van der Waals surface area contributed by atoms with Gasteiger partial charge in [-0.15, -0.1) is 6.58 Å². The number of hydrogen-bond acceptors (Lipinski definition) is 5. The van der Waals surface area contributed by atoms with E-state index in [-0.39, 0.29) is 6.10 Å². The van der Waals surface area contributed by atoms with Crippen molar-refractivity contribution < 1.29 is 14.2 Å². The number of rotatable bonds is 5. The predicted octanol–water partition coefficient (Wildman–Crippen LogP) is 1.81. The highest BCUT2D eigenvalue weighted by Gasteiger charge is 2.12. The molecule has 0 radical (unpaired) electrons. The Hall–Kier alpha value is -2.37. The topological polar surface area (TPSA) is 91.2 Å². The molecule has 2 N–H and O–H groups in total. The van der Waals surface area contributed by atoms with E-state index in [1.165, 1.54) is 0 Å². The Morgan fingerprint density at radius 2 is 2.28 bits per heavy atom. The van der Waals surface area contributed by atoms with Crippen molar-refractivity contribution in [3.05, 3.63) is 36.4 Å².